The number of imidazole rings is 1. The molecule has 3 aromatic heterocycles. The Bertz CT molecular complexity index is 967. The average Bonchev–Trinajstić information content (AvgIpc) is 3.08. The number of aromatic nitrogens is 4. The summed E-state index contributed by atoms with van der Waals surface area (Å²) in [5.41, 5.74) is 2.85. The molecule has 27 heavy (non-hydrogen) atoms. The van der Waals surface area contributed by atoms with Gasteiger partial charge in [0.2, 0.25) is 0 Å². The van der Waals surface area contributed by atoms with Gasteiger partial charge in [-0.1, -0.05) is 12.1 Å². The van der Waals surface area contributed by atoms with Crippen molar-refractivity contribution in [2.75, 3.05) is 19.0 Å². The van der Waals surface area contributed by atoms with E-state index in [2.05, 4.69) is 25.8 Å². The van der Waals surface area contributed by atoms with Crippen molar-refractivity contribution in [3.63, 3.8) is 0 Å². The van der Waals surface area contributed by atoms with Crippen LogP contribution in [0.3, 0.4) is 0 Å². The molecule has 0 aliphatic heterocycles. The Morgan fingerprint density at radius 3 is 2.85 bits per heavy atom. The van der Waals surface area contributed by atoms with Crippen LogP contribution in [-0.2, 0) is 4.84 Å². The highest BCUT2D eigenvalue weighted by Gasteiger charge is 2.16. The fourth-order valence-corrected chi connectivity index (χ4v) is 2.61. The number of oxime groups is 1. The number of carbonyl (C=O) groups excluding carboxylic acids is 1. The Morgan fingerprint density at radius 1 is 1.33 bits per heavy atom. The van der Waals surface area contributed by atoms with E-state index in [1.807, 2.05) is 32.0 Å². The van der Waals surface area contributed by atoms with E-state index < -0.39 is 0 Å². The zero-order valence-electron chi connectivity index (χ0n) is 15.4. The Balaban J connectivity index is 2.14. The molecule has 2 N–H and O–H groups in total. The fraction of sp³-hybridized carbons (Fsp3) is 0.278. The Labute approximate surface area is 156 Å². The normalized spacial score (nSPS) is 11.4. The van der Waals surface area contributed by atoms with Gasteiger partial charge in [0, 0.05) is 30.6 Å². The first-order valence-corrected chi connectivity index (χ1v) is 8.62. The Morgan fingerprint density at radius 2 is 2.19 bits per heavy atom. The highest BCUT2D eigenvalue weighted by atomic mass is 16.6. The second-order valence-corrected chi connectivity index (χ2v) is 5.62. The highest BCUT2D eigenvalue weighted by molar-refractivity contribution is 5.98. The minimum atomic E-state index is -0.316. The zero-order valence-corrected chi connectivity index (χ0v) is 15.4. The molecule has 0 bridgehead atoms. The fourth-order valence-electron chi connectivity index (χ4n) is 2.61. The lowest BCUT2D eigenvalue weighted by atomic mass is 10.2. The second-order valence-electron chi connectivity index (χ2n) is 5.62. The van der Waals surface area contributed by atoms with Crippen molar-refractivity contribution in [3.05, 3.63) is 42.6 Å². The number of hydrogen-bond acceptors (Lipinski definition) is 6. The van der Waals surface area contributed by atoms with Crippen molar-refractivity contribution >= 4 is 23.2 Å². The number of anilines is 1. The molecular formula is C18H21N7O2. The molecular weight excluding hydrogens is 346 g/mol. The van der Waals surface area contributed by atoms with E-state index in [0.717, 1.165) is 5.56 Å². The molecule has 9 nitrogen and oxygen atoms in total. The van der Waals surface area contributed by atoms with Gasteiger partial charge in [-0.25, -0.2) is 14.8 Å². The minimum absolute atomic E-state index is 0.316. The first kappa shape index (κ1) is 18.3. The third-order valence-corrected chi connectivity index (χ3v) is 3.78. The number of carbonyl (C=O) groups is 1. The SMILES string of the molecule is CCNC(=O)Nc1cn2c(C(CC)=NOC)nc(-c3cccnc3)cc2n1. The van der Waals surface area contributed by atoms with Crippen molar-refractivity contribution in [2.24, 2.45) is 5.16 Å². The molecule has 0 saturated carbocycles. The van der Waals surface area contributed by atoms with E-state index in [4.69, 9.17) is 9.82 Å². The van der Waals surface area contributed by atoms with Gasteiger partial charge >= 0.3 is 6.03 Å². The number of fused-ring (bicyclic) bond motifs is 1. The molecule has 3 aromatic rings. The number of nitrogens with one attached hydrogen (secondary N) is 2. The topological polar surface area (TPSA) is 106 Å². The molecule has 9 heteroatoms. The number of amides is 2. The van der Waals surface area contributed by atoms with Crippen molar-refractivity contribution in [2.45, 2.75) is 20.3 Å². The van der Waals surface area contributed by atoms with Gasteiger partial charge in [-0.15, -0.1) is 0 Å². The van der Waals surface area contributed by atoms with Gasteiger partial charge in [-0.3, -0.25) is 14.7 Å². The highest BCUT2D eigenvalue weighted by Crippen LogP contribution is 2.21. The molecule has 140 valence electrons. The van der Waals surface area contributed by atoms with E-state index in [0.29, 0.717) is 41.7 Å². The molecule has 3 heterocycles. The van der Waals surface area contributed by atoms with Crippen LogP contribution in [0.15, 0.2) is 41.9 Å². The van der Waals surface area contributed by atoms with Crippen LogP contribution in [0.5, 0.6) is 0 Å². The number of urea groups is 1. The Kier molecular flexibility index (Phi) is 5.60. The molecule has 0 aliphatic carbocycles. The maximum Gasteiger partial charge on any atom is 0.320 e. The molecule has 3 rings (SSSR count). The van der Waals surface area contributed by atoms with Crippen molar-refractivity contribution in [1.82, 2.24) is 24.7 Å². The maximum atomic E-state index is 11.8. The smallest absolute Gasteiger partial charge is 0.320 e. The summed E-state index contributed by atoms with van der Waals surface area (Å²) < 4.78 is 1.78. The predicted octanol–water partition coefficient (Wildman–Crippen LogP) is 2.69. The van der Waals surface area contributed by atoms with Crippen LogP contribution in [0.4, 0.5) is 10.6 Å². The van der Waals surface area contributed by atoms with E-state index in [-0.39, 0.29) is 6.03 Å². The van der Waals surface area contributed by atoms with Gasteiger partial charge in [0.05, 0.1) is 11.9 Å². The van der Waals surface area contributed by atoms with Gasteiger partial charge < -0.3 is 10.2 Å². The van der Waals surface area contributed by atoms with Crippen LogP contribution in [0.25, 0.3) is 16.9 Å². The first-order valence-electron chi connectivity index (χ1n) is 8.62. The number of pyridine rings is 1. The number of hydrogen-bond donors (Lipinski definition) is 2. The molecule has 0 aromatic carbocycles. The first-order chi connectivity index (χ1) is 13.2. The minimum Gasteiger partial charge on any atom is -0.399 e. The van der Waals surface area contributed by atoms with Crippen LogP contribution in [0.2, 0.25) is 0 Å². The van der Waals surface area contributed by atoms with Gasteiger partial charge in [-0.05, 0) is 25.5 Å². The lowest BCUT2D eigenvalue weighted by Crippen LogP contribution is -2.28. The molecule has 0 saturated heterocycles. The Hall–Kier alpha value is -3.49. The maximum absolute atomic E-state index is 11.8. The lowest BCUT2D eigenvalue weighted by molar-refractivity contribution is 0.212. The van der Waals surface area contributed by atoms with Crippen LogP contribution in [0.1, 0.15) is 26.1 Å². The summed E-state index contributed by atoms with van der Waals surface area (Å²) in [4.78, 5) is 30.2. The number of nitrogens with zero attached hydrogens (tertiary/aromatic N) is 5. The van der Waals surface area contributed by atoms with E-state index in [1.54, 1.807) is 23.0 Å². The van der Waals surface area contributed by atoms with Gasteiger partial charge in [-0.2, -0.15) is 0 Å². The third kappa shape index (κ3) is 4.02. The van der Waals surface area contributed by atoms with Crippen LogP contribution < -0.4 is 10.6 Å². The van der Waals surface area contributed by atoms with E-state index in [9.17, 15) is 4.79 Å². The lowest BCUT2D eigenvalue weighted by Gasteiger charge is -2.08. The monoisotopic (exact) mass is 367 g/mol. The van der Waals surface area contributed by atoms with Crippen molar-refractivity contribution in [1.29, 1.82) is 0 Å². The summed E-state index contributed by atoms with van der Waals surface area (Å²) in [5, 5.41) is 9.48. The predicted molar refractivity (Wildman–Crippen MR) is 103 cm³/mol. The quantitative estimate of drug-likeness (QED) is 0.515. The van der Waals surface area contributed by atoms with E-state index in [1.165, 1.54) is 7.11 Å². The van der Waals surface area contributed by atoms with Gasteiger partial charge in [0.15, 0.2) is 11.6 Å². The zero-order chi connectivity index (χ0) is 19.2. The standard InChI is InChI=1S/C18H21N7O2/c1-4-13(24-27-3)17-21-14(12-7-6-8-19-10-12)9-16-22-15(11-25(16)17)23-18(26)20-5-2/h6-11H,4-5H2,1-3H3,(H2,20,23,26). The van der Waals surface area contributed by atoms with Crippen molar-refractivity contribution < 1.29 is 9.63 Å². The summed E-state index contributed by atoms with van der Waals surface area (Å²) in [6.45, 7) is 4.34. The third-order valence-electron chi connectivity index (χ3n) is 3.78. The summed E-state index contributed by atoms with van der Waals surface area (Å²) in [5.74, 6) is 1.01. The molecule has 0 atom stereocenters. The van der Waals surface area contributed by atoms with Crippen LogP contribution >= 0.6 is 0 Å². The van der Waals surface area contributed by atoms with Gasteiger partial charge in [0.1, 0.15) is 18.5 Å². The summed E-state index contributed by atoms with van der Waals surface area (Å²) in [7, 11) is 1.49. The van der Waals surface area contributed by atoms with Crippen LogP contribution in [-0.4, -0.2) is 44.7 Å². The van der Waals surface area contributed by atoms with E-state index >= 15 is 0 Å². The summed E-state index contributed by atoms with van der Waals surface area (Å²) in [6.07, 6.45) is 5.76. The second kappa shape index (κ2) is 8.26. The molecule has 0 radical (unpaired) electrons. The van der Waals surface area contributed by atoms with Gasteiger partial charge in [0.25, 0.3) is 0 Å². The summed E-state index contributed by atoms with van der Waals surface area (Å²) in [6, 6.07) is 5.29. The summed E-state index contributed by atoms with van der Waals surface area (Å²) >= 11 is 0. The molecule has 2 amide bonds. The molecule has 0 unspecified atom stereocenters. The van der Waals surface area contributed by atoms with Crippen LogP contribution in [0, 0.1) is 0 Å². The molecule has 0 spiro atoms. The molecule has 0 fully saturated rings. The van der Waals surface area contributed by atoms with Crippen molar-refractivity contribution in [3.8, 4) is 11.3 Å². The largest absolute Gasteiger partial charge is 0.399 e. The average molecular weight is 367 g/mol. The number of rotatable bonds is 6. The molecule has 0 aliphatic rings.